The summed E-state index contributed by atoms with van der Waals surface area (Å²) in [5.41, 5.74) is -0.837. The van der Waals surface area contributed by atoms with Crippen molar-refractivity contribution in [2.75, 3.05) is 18.5 Å². The minimum Gasteiger partial charge on any atom is -0.377 e. The van der Waals surface area contributed by atoms with Crippen LogP contribution in [0.3, 0.4) is 0 Å². The number of halogens is 3. The molecule has 0 atom stereocenters. The van der Waals surface area contributed by atoms with Gasteiger partial charge in [-0.25, -0.2) is 21.9 Å². The molecule has 1 aliphatic rings. The average molecular weight is 434 g/mol. The second kappa shape index (κ2) is 7.11. The minimum absolute atomic E-state index is 0.00948. The molecule has 0 saturated carbocycles. The third-order valence-corrected chi connectivity index (χ3v) is 6.50. The number of nitrogens with one attached hydrogen (secondary N) is 2. The number of hydrogen-bond donors (Lipinski definition) is 2. The normalized spacial score (nSPS) is 15.9. The first kappa shape index (κ1) is 20.7. The first-order valence-electron chi connectivity index (χ1n) is 8.18. The summed E-state index contributed by atoms with van der Waals surface area (Å²) < 4.78 is 61.7. The molecule has 3 rings (SSSR count). The Morgan fingerprint density at radius 1 is 1.32 bits per heavy atom. The number of anilines is 1. The van der Waals surface area contributed by atoms with Crippen molar-refractivity contribution in [2.45, 2.75) is 24.3 Å². The van der Waals surface area contributed by atoms with Crippen molar-refractivity contribution in [3.05, 3.63) is 46.2 Å². The fourth-order valence-electron chi connectivity index (χ4n) is 2.97. The molecule has 1 aromatic carbocycles. The zero-order chi connectivity index (χ0) is 20.9. The molecule has 0 spiro atoms. The third-order valence-electron chi connectivity index (χ3n) is 4.40. The van der Waals surface area contributed by atoms with E-state index in [4.69, 9.17) is 16.3 Å². The number of hydrogen-bond acceptors (Lipinski definition) is 4. The lowest BCUT2D eigenvalue weighted by molar-refractivity contribution is -0.0523. The number of benzene rings is 1. The molecular formula is C17H18ClF2N3O4S. The fourth-order valence-corrected chi connectivity index (χ4v) is 4.81. The molecule has 1 amide bonds. The van der Waals surface area contributed by atoms with Crippen LogP contribution >= 0.6 is 11.6 Å². The van der Waals surface area contributed by atoms with Crippen LogP contribution in [0, 0.1) is 18.6 Å². The zero-order valence-electron chi connectivity index (χ0n) is 15.3. The van der Waals surface area contributed by atoms with Gasteiger partial charge in [0, 0.05) is 13.2 Å². The number of ether oxygens (including phenoxy) is 1. The van der Waals surface area contributed by atoms with Gasteiger partial charge in [0.2, 0.25) is 10.0 Å². The molecule has 2 aromatic rings. The summed E-state index contributed by atoms with van der Waals surface area (Å²) in [6, 6.07) is 1.95. The van der Waals surface area contributed by atoms with Crippen LogP contribution < -0.4 is 10.0 Å². The van der Waals surface area contributed by atoms with Crippen molar-refractivity contribution in [2.24, 2.45) is 7.05 Å². The third kappa shape index (κ3) is 3.64. The first-order chi connectivity index (χ1) is 12.9. The Hall–Kier alpha value is -2.01. The van der Waals surface area contributed by atoms with Crippen molar-refractivity contribution in [3.63, 3.8) is 0 Å². The van der Waals surface area contributed by atoms with Gasteiger partial charge in [-0.3, -0.25) is 4.79 Å². The fraction of sp³-hybridized carbons (Fsp3) is 0.353. The number of carbonyl (C=O) groups is 1. The summed E-state index contributed by atoms with van der Waals surface area (Å²) >= 11 is 5.52. The van der Waals surface area contributed by atoms with Crippen LogP contribution in [0.4, 0.5) is 14.5 Å². The standard InChI is InChI=1S/C17H18ClF2N3O4S/c1-9-12(28(25,26)22-17(2)7-27-8-17)6-23(3)15(9)16(24)21-11-5-4-10(19)13(18)14(11)20/h4-6,22H,7-8H2,1-3H3,(H,21,24). The van der Waals surface area contributed by atoms with Crippen molar-refractivity contribution in [1.82, 2.24) is 9.29 Å². The molecule has 7 nitrogen and oxygen atoms in total. The van der Waals surface area contributed by atoms with Crippen LogP contribution in [0.25, 0.3) is 0 Å². The average Bonchev–Trinajstić information content (AvgIpc) is 2.89. The summed E-state index contributed by atoms with van der Waals surface area (Å²) in [5, 5.41) is 1.54. The minimum atomic E-state index is -3.91. The molecule has 1 aliphatic heterocycles. The van der Waals surface area contributed by atoms with Gasteiger partial charge in [0.15, 0.2) is 5.82 Å². The van der Waals surface area contributed by atoms with Gasteiger partial charge in [0.1, 0.15) is 21.4 Å². The SMILES string of the molecule is Cc1c(S(=O)(=O)NC2(C)COC2)cn(C)c1C(=O)Nc1ccc(F)c(Cl)c1F. The zero-order valence-corrected chi connectivity index (χ0v) is 16.8. The van der Waals surface area contributed by atoms with Gasteiger partial charge in [0.25, 0.3) is 5.91 Å². The van der Waals surface area contributed by atoms with Crippen LogP contribution in [-0.2, 0) is 21.8 Å². The lowest BCUT2D eigenvalue weighted by atomic mass is 10.0. The summed E-state index contributed by atoms with van der Waals surface area (Å²) in [6.07, 6.45) is 1.30. The molecule has 152 valence electrons. The van der Waals surface area contributed by atoms with Crippen LogP contribution in [0.5, 0.6) is 0 Å². The van der Waals surface area contributed by atoms with E-state index >= 15 is 0 Å². The highest BCUT2D eigenvalue weighted by molar-refractivity contribution is 7.89. The van der Waals surface area contributed by atoms with Crippen LogP contribution in [0.15, 0.2) is 23.2 Å². The number of sulfonamides is 1. The molecule has 0 aliphatic carbocycles. The Bertz CT molecular complexity index is 1060. The first-order valence-corrected chi connectivity index (χ1v) is 10.0. The lowest BCUT2D eigenvalue weighted by Gasteiger charge is -2.38. The van der Waals surface area contributed by atoms with E-state index in [2.05, 4.69) is 10.0 Å². The lowest BCUT2D eigenvalue weighted by Crippen LogP contribution is -2.59. The van der Waals surface area contributed by atoms with Crippen molar-refractivity contribution in [1.29, 1.82) is 0 Å². The second-order valence-electron chi connectivity index (χ2n) is 6.91. The Morgan fingerprint density at radius 3 is 2.54 bits per heavy atom. The van der Waals surface area contributed by atoms with Gasteiger partial charge in [-0.15, -0.1) is 0 Å². The van der Waals surface area contributed by atoms with Gasteiger partial charge in [0.05, 0.1) is 24.4 Å². The predicted molar refractivity (Wildman–Crippen MR) is 99.0 cm³/mol. The van der Waals surface area contributed by atoms with E-state index in [1.807, 2.05) is 0 Å². The Kier molecular flexibility index (Phi) is 5.26. The molecule has 0 bridgehead atoms. The number of nitrogens with zero attached hydrogens (tertiary/aromatic N) is 1. The number of rotatable bonds is 5. The molecule has 1 fully saturated rings. The molecule has 0 radical (unpaired) electrons. The van der Waals surface area contributed by atoms with Gasteiger partial charge in [-0.2, -0.15) is 0 Å². The van der Waals surface area contributed by atoms with Crippen LogP contribution in [-0.4, -0.2) is 37.6 Å². The molecule has 2 heterocycles. The maximum Gasteiger partial charge on any atom is 0.272 e. The highest BCUT2D eigenvalue weighted by Gasteiger charge is 2.39. The predicted octanol–water partition coefficient (Wildman–Crippen LogP) is 2.58. The summed E-state index contributed by atoms with van der Waals surface area (Å²) in [7, 11) is -2.42. The monoisotopic (exact) mass is 433 g/mol. The van der Waals surface area contributed by atoms with Gasteiger partial charge < -0.3 is 14.6 Å². The van der Waals surface area contributed by atoms with E-state index in [0.29, 0.717) is 0 Å². The number of carbonyl (C=O) groups excluding carboxylic acids is 1. The van der Waals surface area contributed by atoms with Crippen molar-refractivity contribution in [3.8, 4) is 0 Å². The van der Waals surface area contributed by atoms with Crippen molar-refractivity contribution < 1.29 is 26.7 Å². The Labute approximate surface area is 165 Å². The van der Waals surface area contributed by atoms with E-state index in [1.54, 1.807) is 6.92 Å². The number of aryl methyl sites for hydroxylation is 1. The van der Waals surface area contributed by atoms with E-state index in [9.17, 15) is 22.0 Å². The molecule has 11 heteroatoms. The maximum atomic E-state index is 14.1. The highest BCUT2D eigenvalue weighted by Crippen LogP contribution is 2.28. The number of amides is 1. The smallest absolute Gasteiger partial charge is 0.272 e. The molecular weight excluding hydrogens is 416 g/mol. The largest absolute Gasteiger partial charge is 0.377 e. The van der Waals surface area contributed by atoms with E-state index in [1.165, 1.54) is 24.7 Å². The molecule has 28 heavy (non-hydrogen) atoms. The Morgan fingerprint density at radius 2 is 1.96 bits per heavy atom. The van der Waals surface area contributed by atoms with Gasteiger partial charge in [-0.05, 0) is 31.5 Å². The van der Waals surface area contributed by atoms with E-state index in [-0.39, 0.29) is 35.1 Å². The Balaban J connectivity index is 1.91. The quantitative estimate of drug-likeness (QED) is 0.709. The molecule has 1 aromatic heterocycles. The molecule has 1 saturated heterocycles. The highest BCUT2D eigenvalue weighted by atomic mass is 35.5. The molecule has 0 unspecified atom stereocenters. The van der Waals surface area contributed by atoms with E-state index < -0.39 is 38.1 Å². The van der Waals surface area contributed by atoms with Crippen molar-refractivity contribution >= 4 is 33.2 Å². The van der Waals surface area contributed by atoms with E-state index in [0.717, 1.165) is 12.1 Å². The topological polar surface area (TPSA) is 89.4 Å². The van der Waals surface area contributed by atoms with Crippen LogP contribution in [0.1, 0.15) is 23.0 Å². The van der Waals surface area contributed by atoms with Gasteiger partial charge in [-0.1, -0.05) is 11.6 Å². The molecule has 2 N–H and O–H groups in total. The second-order valence-corrected chi connectivity index (χ2v) is 8.94. The summed E-state index contributed by atoms with van der Waals surface area (Å²) in [4.78, 5) is 12.5. The number of aromatic nitrogens is 1. The maximum absolute atomic E-state index is 14.1. The van der Waals surface area contributed by atoms with Crippen LogP contribution in [0.2, 0.25) is 5.02 Å². The van der Waals surface area contributed by atoms with Gasteiger partial charge >= 0.3 is 0 Å². The summed E-state index contributed by atoms with van der Waals surface area (Å²) in [6.45, 7) is 3.67. The summed E-state index contributed by atoms with van der Waals surface area (Å²) in [5.74, 6) is -2.84.